The molecule has 0 aliphatic heterocycles. The molecule has 0 heterocycles. The van der Waals surface area contributed by atoms with Crippen LogP contribution in [0.4, 0.5) is 18.9 Å². The van der Waals surface area contributed by atoms with Crippen molar-refractivity contribution >= 4 is 11.6 Å². The van der Waals surface area contributed by atoms with E-state index in [1.807, 2.05) is 0 Å². The first-order valence-corrected chi connectivity index (χ1v) is 6.20. The number of halogens is 3. The number of anilines is 1. The second-order valence-electron chi connectivity index (χ2n) is 4.98. The number of benzene rings is 1. The molecule has 3 N–H and O–H groups in total. The monoisotopic (exact) mass is 288 g/mol. The largest absolute Gasteiger partial charge is 0.573 e. The van der Waals surface area contributed by atoms with E-state index < -0.39 is 12.1 Å². The lowest BCUT2D eigenvalue weighted by Gasteiger charge is -2.12. The Bertz CT molecular complexity index is 517. The van der Waals surface area contributed by atoms with Gasteiger partial charge in [-0.25, -0.2) is 0 Å². The van der Waals surface area contributed by atoms with Crippen LogP contribution in [-0.2, 0) is 0 Å². The number of alkyl halides is 3. The highest BCUT2D eigenvalue weighted by atomic mass is 19.4. The molecule has 1 aliphatic carbocycles. The fraction of sp³-hybridized carbons (Fsp3) is 0.462. The second kappa shape index (κ2) is 5.22. The summed E-state index contributed by atoms with van der Waals surface area (Å²) in [6.07, 6.45) is -3.72. The number of ether oxygens (including phenoxy) is 1. The van der Waals surface area contributed by atoms with Crippen LogP contribution in [0.5, 0.6) is 5.75 Å². The van der Waals surface area contributed by atoms with Crippen LogP contribution < -0.4 is 15.8 Å². The van der Waals surface area contributed by atoms with Gasteiger partial charge in [-0.1, -0.05) is 6.92 Å². The van der Waals surface area contributed by atoms with Crippen molar-refractivity contribution in [2.75, 3.05) is 12.3 Å². The van der Waals surface area contributed by atoms with Crippen LogP contribution in [0, 0.1) is 11.8 Å². The van der Waals surface area contributed by atoms with Gasteiger partial charge in [0.2, 0.25) is 0 Å². The Morgan fingerprint density at radius 3 is 2.65 bits per heavy atom. The van der Waals surface area contributed by atoms with Gasteiger partial charge in [0.1, 0.15) is 0 Å². The van der Waals surface area contributed by atoms with Crippen LogP contribution in [0.15, 0.2) is 18.2 Å². The smallest absolute Gasteiger partial charge is 0.404 e. The van der Waals surface area contributed by atoms with Gasteiger partial charge in [-0.2, -0.15) is 0 Å². The molecule has 0 radical (unpaired) electrons. The Balaban J connectivity index is 1.98. The summed E-state index contributed by atoms with van der Waals surface area (Å²) in [5, 5.41) is 2.73. The highest BCUT2D eigenvalue weighted by Gasteiger charge is 2.33. The van der Waals surface area contributed by atoms with Crippen molar-refractivity contribution in [2.24, 2.45) is 11.8 Å². The van der Waals surface area contributed by atoms with Crippen molar-refractivity contribution in [3.8, 4) is 5.75 Å². The molecule has 0 bridgehead atoms. The van der Waals surface area contributed by atoms with Crippen molar-refractivity contribution in [2.45, 2.75) is 19.7 Å². The predicted octanol–water partition coefficient (Wildman–Crippen LogP) is 2.55. The minimum atomic E-state index is -4.81. The summed E-state index contributed by atoms with van der Waals surface area (Å²) in [6.45, 7) is 2.67. The van der Waals surface area contributed by atoms with Gasteiger partial charge >= 0.3 is 6.36 Å². The molecule has 20 heavy (non-hydrogen) atoms. The number of rotatable bonds is 4. The first-order chi connectivity index (χ1) is 9.26. The first kappa shape index (κ1) is 14.5. The van der Waals surface area contributed by atoms with Crippen LogP contribution in [0.3, 0.4) is 0 Å². The lowest BCUT2D eigenvalue weighted by atomic mass is 10.1. The average molecular weight is 288 g/mol. The molecule has 1 saturated carbocycles. The predicted molar refractivity (Wildman–Crippen MR) is 67.1 cm³/mol. The van der Waals surface area contributed by atoms with E-state index in [0.717, 1.165) is 12.5 Å². The van der Waals surface area contributed by atoms with Crippen molar-refractivity contribution < 1.29 is 22.7 Å². The molecular weight excluding hydrogens is 273 g/mol. The molecule has 110 valence electrons. The molecule has 1 aromatic rings. The summed E-state index contributed by atoms with van der Waals surface area (Å²) in [4.78, 5) is 11.8. The summed E-state index contributed by atoms with van der Waals surface area (Å²) < 4.78 is 40.0. The average Bonchev–Trinajstić information content (AvgIpc) is 3.03. The molecule has 1 amide bonds. The second-order valence-corrected chi connectivity index (χ2v) is 4.98. The van der Waals surface area contributed by atoms with Gasteiger partial charge in [-0.15, -0.1) is 13.2 Å². The maximum Gasteiger partial charge on any atom is 0.573 e. The molecule has 1 aliphatic rings. The third-order valence-corrected chi connectivity index (χ3v) is 3.30. The third-order valence-electron chi connectivity index (χ3n) is 3.30. The number of carbonyl (C=O) groups is 1. The van der Waals surface area contributed by atoms with Gasteiger partial charge < -0.3 is 15.8 Å². The quantitative estimate of drug-likeness (QED) is 0.837. The molecule has 4 nitrogen and oxygen atoms in total. The van der Waals surface area contributed by atoms with E-state index in [1.165, 1.54) is 12.1 Å². The minimum absolute atomic E-state index is 0.213. The maximum atomic E-state index is 12.1. The van der Waals surface area contributed by atoms with Crippen molar-refractivity contribution in [3.05, 3.63) is 23.8 Å². The summed E-state index contributed by atoms with van der Waals surface area (Å²) in [5.41, 5.74) is 5.44. The van der Waals surface area contributed by atoms with Crippen molar-refractivity contribution in [3.63, 3.8) is 0 Å². The fourth-order valence-electron chi connectivity index (χ4n) is 1.92. The zero-order chi connectivity index (χ0) is 14.9. The highest BCUT2D eigenvalue weighted by Crippen LogP contribution is 2.36. The Morgan fingerprint density at radius 2 is 2.15 bits per heavy atom. The summed E-state index contributed by atoms with van der Waals surface area (Å²) in [7, 11) is 0. The van der Waals surface area contributed by atoms with E-state index >= 15 is 0 Å². The van der Waals surface area contributed by atoms with Crippen LogP contribution in [0.1, 0.15) is 23.7 Å². The van der Waals surface area contributed by atoms with E-state index in [0.29, 0.717) is 18.4 Å². The lowest BCUT2D eigenvalue weighted by molar-refractivity contribution is -0.274. The molecule has 7 heteroatoms. The van der Waals surface area contributed by atoms with E-state index in [2.05, 4.69) is 17.0 Å². The van der Waals surface area contributed by atoms with Gasteiger partial charge in [-0.3, -0.25) is 4.79 Å². The SMILES string of the molecule is CC1CC1CNC(=O)c1ccc(OC(F)(F)F)c(N)c1. The van der Waals surface area contributed by atoms with E-state index in [-0.39, 0.29) is 17.2 Å². The highest BCUT2D eigenvalue weighted by molar-refractivity contribution is 5.95. The number of carbonyl (C=O) groups excluding carboxylic acids is 1. The molecular formula is C13H15F3N2O2. The molecule has 2 atom stereocenters. The lowest BCUT2D eigenvalue weighted by Crippen LogP contribution is -2.26. The number of nitrogen functional groups attached to an aromatic ring is 1. The number of nitrogens with one attached hydrogen (secondary N) is 1. The maximum absolute atomic E-state index is 12.1. The molecule has 0 saturated heterocycles. The van der Waals surface area contributed by atoms with Gasteiger partial charge in [0.05, 0.1) is 5.69 Å². The van der Waals surface area contributed by atoms with Gasteiger partial charge in [0.25, 0.3) is 5.91 Å². The van der Waals surface area contributed by atoms with Crippen molar-refractivity contribution in [1.82, 2.24) is 5.32 Å². The van der Waals surface area contributed by atoms with Crippen LogP contribution in [-0.4, -0.2) is 18.8 Å². The summed E-state index contributed by atoms with van der Waals surface area (Å²) in [5.74, 6) is 0.242. The fourth-order valence-corrected chi connectivity index (χ4v) is 1.92. The number of amides is 1. The van der Waals surface area contributed by atoms with Gasteiger partial charge in [0, 0.05) is 12.1 Å². The zero-order valence-corrected chi connectivity index (χ0v) is 10.8. The van der Waals surface area contributed by atoms with Crippen molar-refractivity contribution in [1.29, 1.82) is 0 Å². The topological polar surface area (TPSA) is 64.3 Å². The Hall–Kier alpha value is -1.92. The molecule has 0 aromatic heterocycles. The van der Waals surface area contributed by atoms with Gasteiger partial charge in [0.15, 0.2) is 5.75 Å². The van der Waals surface area contributed by atoms with Crippen LogP contribution in [0.25, 0.3) is 0 Å². The van der Waals surface area contributed by atoms with E-state index in [1.54, 1.807) is 0 Å². The minimum Gasteiger partial charge on any atom is -0.404 e. The number of hydrogen-bond acceptors (Lipinski definition) is 3. The van der Waals surface area contributed by atoms with E-state index in [9.17, 15) is 18.0 Å². The van der Waals surface area contributed by atoms with E-state index in [4.69, 9.17) is 5.73 Å². The Kier molecular flexibility index (Phi) is 3.78. The Morgan fingerprint density at radius 1 is 1.50 bits per heavy atom. The third kappa shape index (κ3) is 3.79. The normalized spacial score (nSPS) is 21.4. The van der Waals surface area contributed by atoms with Crippen LogP contribution in [0.2, 0.25) is 0 Å². The molecule has 0 spiro atoms. The molecule has 2 unspecified atom stereocenters. The summed E-state index contributed by atoms with van der Waals surface area (Å²) in [6, 6.07) is 3.47. The molecule has 1 fully saturated rings. The summed E-state index contributed by atoms with van der Waals surface area (Å²) >= 11 is 0. The van der Waals surface area contributed by atoms with Gasteiger partial charge in [-0.05, 0) is 36.5 Å². The molecule has 2 rings (SSSR count). The molecule has 1 aromatic carbocycles. The Labute approximate surface area is 114 Å². The standard InChI is InChI=1S/C13H15F3N2O2/c1-7-4-9(7)6-18-12(19)8-2-3-11(10(17)5-8)20-13(14,15)16/h2-3,5,7,9H,4,6,17H2,1H3,(H,18,19). The zero-order valence-electron chi connectivity index (χ0n) is 10.8. The number of nitrogens with two attached hydrogens (primary N) is 1. The van der Waals surface area contributed by atoms with Crippen LogP contribution >= 0.6 is 0 Å². The number of hydrogen-bond donors (Lipinski definition) is 2. The first-order valence-electron chi connectivity index (χ1n) is 6.20.